The standard InChI is InChI=1S/C22H16F6N6O2S/c1-3-36-19(35)16-17(22(26,27)28)32-20(37-16)33-18-12-6-7-34(9-15(12)30-10-31-18)11-4-5-14(29-2)13(8-11)21(23,24)25/h4-5,8,10H,3,6-7,9H2,1H3,(H,30,31,32,33). The molecule has 0 bridgehead atoms. The van der Waals surface area contributed by atoms with Crippen LogP contribution in [0.3, 0.4) is 0 Å². The fraction of sp³-hybridized carbons (Fsp3) is 0.318. The molecule has 0 saturated carbocycles. The summed E-state index contributed by atoms with van der Waals surface area (Å²) in [7, 11) is 0. The van der Waals surface area contributed by atoms with Crippen LogP contribution in [0.1, 0.15) is 39.1 Å². The first-order chi connectivity index (χ1) is 17.4. The van der Waals surface area contributed by atoms with Gasteiger partial charge >= 0.3 is 18.3 Å². The van der Waals surface area contributed by atoms with E-state index in [1.165, 1.54) is 19.3 Å². The molecular formula is C22H16F6N6O2S. The Balaban J connectivity index is 1.61. The Morgan fingerprint density at radius 1 is 1.22 bits per heavy atom. The molecule has 0 radical (unpaired) electrons. The summed E-state index contributed by atoms with van der Waals surface area (Å²) in [4.78, 5) is 27.7. The van der Waals surface area contributed by atoms with Gasteiger partial charge in [-0.2, -0.15) is 26.3 Å². The lowest BCUT2D eigenvalue weighted by Gasteiger charge is -2.31. The van der Waals surface area contributed by atoms with Gasteiger partial charge in [0.15, 0.2) is 16.5 Å². The number of fused-ring (bicyclic) bond motifs is 1. The minimum Gasteiger partial charge on any atom is -0.462 e. The Labute approximate surface area is 209 Å². The SMILES string of the molecule is [C-]#[N+]c1ccc(N2CCc3c(ncnc3Nc3nc(C(F)(F)F)c(C(=O)OCC)s3)C2)cc1C(F)(F)F. The largest absolute Gasteiger partial charge is 0.462 e. The van der Waals surface area contributed by atoms with Gasteiger partial charge in [0.1, 0.15) is 17.0 Å². The van der Waals surface area contributed by atoms with E-state index < -0.39 is 40.1 Å². The number of nitrogens with zero attached hydrogens (tertiary/aromatic N) is 5. The number of nitrogens with one attached hydrogen (secondary N) is 1. The molecule has 0 atom stereocenters. The number of hydrogen-bond donors (Lipinski definition) is 1. The van der Waals surface area contributed by atoms with E-state index in [0.29, 0.717) is 22.6 Å². The van der Waals surface area contributed by atoms with Crippen molar-refractivity contribution in [3.05, 3.63) is 63.3 Å². The summed E-state index contributed by atoms with van der Waals surface area (Å²) >= 11 is 0.466. The van der Waals surface area contributed by atoms with Crippen molar-refractivity contribution in [3.8, 4) is 0 Å². The van der Waals surface area contributed by atoms with Gasteiger partial charge < -0.3 is 15.0 Å². The van der Waals surface area contributed by atoms with Crippen molar-refractivity contribution in [2.45, 2.75) is 32.2 Å². The second-order valence-electron chi connectivity index (χ2n) is 7.67. The Morgan fingerprint density at radius 3 is 2.62 bits per heavy atom. The van der Waals surface area contributed by atoms with E-state index in [1.807, 2.05) is 0 Å². The van der Waals surface area contributed by atoms with Crippen LogP contribution < -0.4 is 10.2 Å². The van der Waals surface area contributed by atoms with E-state index in [4.69, 9.17) is 11.3 Å². The first-order valence-corrected chi connectivity index (χ1v) is 11.4. The third-order valence-electron chi connectivity index (χ3n) is 5.36. The quantitative estimate of drug-likeness (QED) is 0.240. The predicted octanol–water partition coefficient (Wildman–Crippen LogP) is 6.00. The highest BCUT2D eigenvalue weighted by Gasteiger charge is 2.40. The summed E-state index contributed by atoms with van der Waals surface area (Å²) in [5, 5.41) is 2.48. The normalized spacial score (nSPS) is 13.6. The van der Waals surface area contributed by atoms with Gasteiger partial charge in [-0.1, -0.05) is 17.4 Å². The van der Waals surface area contributed by atoms with Crippen molar-refractivity contribution >= 4 is 39.6 Å². The predicted molar refractivity (Wildman–Crippen MR) is 121 cm³/mol. The lowest BCUT2D eigenvalue weighted by Crippen LogP contribution is -2.32. The molecule has 1 N–H and O–H groups in total. The molecule has 3 aromatic rings. The summed E-state index contributed by atoms with van der Waals surface area (Å²) in [5.41, 5.74) is -1.69. The van der Waals surface area contributed by atoms with E-state index in [2.05, 4.69) is 25.1 Å². The Bertz CT molecular complexity index is 1380. The lowest BCUT2D eigenvalue weighted by molar-refractivity contribution is -0.141. The second kappa shape index (κ2) is 9.85. The summed E-state index contributed by atoms with van der Waals surface area (Å²) < 4.78 is 85.1. The number of alkyl halides is 6. The molecule has 0 amide bonds. The summed E-state index contributed by atoms with van der Waals surface area (Å²) in [6.07, 6.45) is -8.17. The molecule has 15 heteroatoms. The fourth-order valence-electron chi connectivity index (χ4n) is 3.73. The van der Waals surface area contributed by atoms with Crippen molar-refractivity contribution in [2.24, 2.45) is 0 Å². The number of carbonyl (C=O) groups excluding carboxylic acids is 1. The summed E-state index contributed by atoms with van der Waals surface area (Å²) in [5.74, 6) is -0.981. The molecule has 0 unspecified atom stereocenters. The maximum absolute atomic E-state index is 13.4. The zero-order valence-corrected chi connectivity index (χ0v) is 19.7. The summed E-state index contributed by atoms with van der Waals surface area (Å²) in [6.45, 7) is 8.68. The zero-order chi connectivity index (χ0) is 27.0. The molecule has 1 aliphatic rings. The molecule has 8 nitrogen and oxygen atoms in total. The molecule has 0 aliphatic carbocycles. The third-order valence-corrected chi connectivity index (χ3v) is 6.31. The molecule has 3 heterocycles. The maximum Gasteiger partial charge on any atom is 0.435 e. The van der Waals surface area contributed by atoms with E-state index in [-0.39, 0.29) is 42.8 Å². The van der Waals surface area contributed by atoms with Crippen LogP contribution in [0, 0.1) is 6.57 Å². The summed E-state index contributed by atoms with van der Waals surface area (Å²) in [6, 6.07) is 3.43. The zero-order valence-electron chi connectivity index (χ0n) is 18.9. The topological polar surface area (TPSA) is 84.6 Å². The van der Waals surface area contributed by atoms with Crippen molar-refractivity contribution in [1.82, 2.24) is 15.0 Å². The Kier molecular flexibility index (Phi) is 6.96. The van der Waals surface area contributed by atoms with Gasteiger partial charge in [0.25, 0.3) is 0 Å². The Hall–Kier alpha value is -3.93. The number of halogens is 6. The molecule has 0 saturated heterocycles. The lowest BCUT2D eigenvalue weighted by atomic mass is 10.0. The van der Waals surface area contributed by atoms with E-state index in [0.717, 1.165) is 12.1 Å². The van der Waals surface area contributed by atoms with Crippen LogP contribution in [0.5, 0.6) is 0 Å². The molecule has 0 fully saturated rings. The molecular weight excluding hydrogens is 526 g/mol. The van der Waals surface area contributed by atoms with Crippen molar-refractivity contribution < 1.29 is 35.9 Å². The number of rotatable bonds is 5. The second-order valence-corrected chi connectivity index (χ2v) is 8.67. The Morgan fingerprint density at radius 2 is 1.97 bits per heavy atom. The molecule has 0 spiro atoms. The van der Waals surface area contributed by atoms with Gasteiger partial charge in [-0.3, -0.25) is 0 Å². The van der Waals surface area contributed by atoms with Crippen LogP contribution in [-0.4, -0.2) is 34.1 Å². The van der Waals surface area contributed by atoms with Gasteiger partial charge in [0.05, 0.1) is 31.0 Å². The molecule has 2 aromatic heterocycles. The fourth-order valence-corrected chi connectivity index (χ4v) is 4.61. The van der Waals surface area contributed by atoms with Crippen LogP contribution in [-0.2, 0) is 30.1 Å². The third kappa shape index (κ3) is 5.43. The first kappa shape index (κ1) is 26.1. The molecule has 194 valence electrons. The van der Waals surface area contributed by atoms with Crippen LogP contribution in [0.4, 0.5) is 48.7 Å². The maximum atomic E-state index is 13.4. The highest BCUT2D eigenvalue weighted by atomic mass is 32.1. The average molecular weight is 542 g/mol. The highest BCUT2D eigenvalue weighted by Crippen LogP contribution is 2.40. The molecule has 1 aliphatic heterocycles. The number of thiazole rings is 1. The minimum atomic E-state index is -4.89. The van der Waals surface area contributed by atoms with E-state index >= 15 is 0 Å². The van der Waals surface area contributed by atoms with Crippen molar-refractivity contribution in [3.63, 3.8) is 0 Å². The van der Waals surface area contributed by atoms with Crippen LogP contribution >= 0.6 is 11.3 Å². The highest BCUT2D eigenvalue weighted by molar-refractivity contribution is 7.17. The van der Waals surface area contributed by atoms with Gasteiger partial charge in [-0.15, -0.1) is 0 Å². The van der Waals surface area contributed by atoms with Gasteiger partial charge in [-0.05, 0) is 25.5 Å². The number of carbonyl (C=O) groups is 1. The van der Waals surface area contributed by atoms with Crippen LogP contribution in [0.25, 0.3) is 4.85 Å². The van der Waals surface area contributed by atoms with Crippen molar-refractivity contribution in [2.75, 3.05) is 23.4 Å². The number of benzene rings is 1. The van der Waals surface area contributed by atoms with Gasteiger partial charge in [0.2, 0.25) is 0 Å². The van der Waals surface area contributed by atoms with Crippen LogP contribution in [0.15, 0.2) is 24.5 Å². The number of ether oxygens (including phenoxy) is 1. The molecule has 4 rings (SSSR count). The number of anilines is 3. The van der Waals surface area contributed by atoms with Crippen molar-refractivity contribution in [1.29, 1.82) is 0 Å². The smallest absolute Gasteiger partial charge is 0.435 e. The number of aromatic nitrogens is 3. The average Bonchev–Trinajstić information content (AvgIpc) is 3.28. The van der Waals surface area contributed by atoms with Crippen LogP contribution in [0.2, 0.25) is 0 Å². The minimum absolute atomic E-state index is 0.0982. The van der Waals surface area contributed by atoms with E-state index in [1.54, 1.807) is 4.90 Å². The van der Waals surface area contributed by atoms with E-state index in [9.17, 15) is 31.1 Å². The monoisotopic (exact) mass is 542 g/mol. The molecule has 37 heavy (non-hydrogen) atoms. The molecule has 1 aromatic carbocycles. The van der Waals surface area contributed by atoms with Gasteiger partial charge in [0, 0.05) is 17.8 Å². The van der Waals surface area contributed by atoms with Gasteiger partial charge in [-0.25, -0.2) is 24.6 Å². The number of hydrogen-bond acceptors (Lipinski definition) is 8. The first-order valence-electron chi connectivity index (χ1n) is 10.6. The number of esters is 1.